The number of carbonyl (C=O) groups is 2. The zero-order valence-electron chi connectivity index (χ0n) is 77.5. The molecule has 40 heavy (non-hydrogen) atoms. The van der Waals surface area contributed by atoms with Gasteiger partial charge in [0.1, 0.15) is 17.3 Å². The first kappa shape index (κ1) is 5.71. The highest BCUT2D eigenvalue weighted by Gasteiger charge is 2.40. The minimum Gasteiger partial charge on any atom is -0.497 e. The lowest BCUT2D eigenvalue weighted by molar-refractivity contribution is -0.125. The highest BCUT2D eigenvalue weighted by molar-refractivity contribution is 5.81. The topological polar surface area (TPSA) is 82.1 Å². The average Bonchev–Trinajstić information content (AvgIpc) is 0.641. The molecule has 3 fully saturated rings. The minimum absolute atomic E-state index is 0.956. The van der Waals surface area contributed by atoms with Crippen molar-refractivity contribution in [3.8, 4) is 5.75 Å². The van der Waals surface area contributed by atoms with E-state index in [0.29, 0.717) is 0 Å². The maximum Gasteiger partial charge on any atom is 0.211 e. The third-order valence-corrected chi connectivity index (χ3v) is 3.47. The second kappa shape index (κ2) is 20.1. The number of methoxy groups -OCH3 is 1. The lowest BCUT2D eigenvalue weighted by atomic mass is 9.71. The maximum absolute atomic E-state index is 12.6. The van der Waals surface area contributed by atoms with Crippen molar-refractivity contribution in [1.29, 1.82) is 1.43 Å². The average molecular weight is 620 g/mol. The van der Waals surface area contributed by atoms with Crippen LogP contribution in [0.2, 0.25) is 0 Å². The molecule has 230 valence electrons. The zero-order chi connectivity index (χ0) is 80.4. The van der Waals surface area contributed by atoms with Gasteiger partial charge in [-0.15, -0.1) is 0 Å². The molecule has 3 aliphatic carbocycles. The molecule has 0 radical (unpaired) electrons. The normalized spacial score (nSPS) is 69.0. The Labute approximate surface area is 326 Å². The van der Waals surface area contributed by atoms with Crippen molar-refractivity contribution in [2.45, 2.75) is 88.4 Å². The highest BCUT2D eigenvalue weighted by atomic mass is 16.5. The van der Waals surface area contributed by atoms with Gasteiger partial charge in [0.25, 0.3) is 0 Å². The Bertz CT molecular complexity index is 3040. The van der Waals surface area contributed by atoms with Crippen LogP contribution in [0.3, 0.4) is 0 Å². The van der Waals surface area contributed by atoms with E-state index >= 15 is 0 Å². The number of Topliss-reactive ketones (excluding diaryl/α,β-unsaturated/α-hetero) is 2. The van der Waals surface area contributed by atoms with Crippen LogP contribution in [0.15, 0.2) is 24.2 Å². The molecule has 4 rings (SSSR count). The van der Waals surface area contributed by atoms with Crippen LogP contribution in [0.1, 0.15) is 167 Å². The number of benzene rings is 1. The molecule has 0 aliphatic heterocycles. The van der Waals surface area contributed by atoms with Crippen molar-refractivity contribution < 1.29 is 97.6 Å². The van der Waals surface area contributed by atoms with Crippen LogP contribution >= 0.6 is 0 Å². The van der Waals surface area contributed by atoms with Crippen molar-refractivity contribution in [3.63, 3.8) is 0 Å². The first-order chi connectivity index (χ1) is 41.7. The zero-order valence-corrected chi connectivity index (χ0v) is 19.5. The third kappa shape index (κ3) is 13.7. The van der Waals surface area contributed by atoms with Gasteiger partial charge >= 0.3 is 0 Å². The molecule has 7 nitrogen and oxygen atoms in total. The van der Waals surface area contributed by atoms with Gasteiger partial charge in [0.2, 0.25) is 1.43 Å². The van der Waals surface area contributed by atoms with Gasteiger partial charge < -0.3 is 25.0 Å². The Hall–Kier alpha value is -1.80. The number of nitrogens with zero attached hydrogens (tertiary/aromatic N) is 2. The monoisotopic (exact) mass is 620 g/mol. The van der Waals surface area contributed by atoms with E-state index in [0.717, 1.165) is 0 Å². The van der Waals surface area contributed by atoms with Crippen molar-refractivity contribution in [3.05, 3.63) is 29.7 Å². The highest BCUT2D eigenvalue weighted by Crippen LogP contribution is 2.42. The summed E-state index contributed by atoms with van der Waals surface area (Å²) in [4.78, 5) is 22.1. The molecule has 3 atom stereocenters. The van der Waals surface area contributed by atoms with Gasteiger partial charge in [0.15, 0.2) is 0 Å². The molecular formula is C33H59N3O4. The molecule has 1 aromatic carbocycles. The van der Waals surface area contributed by atoms with Gasteiger partial charge in [-0.05, 0) is 97.7 Å². The summed E-state index contributed by atoms with van der Waals surface area (Å²) in [5.74, 6) is -15.2. The number of carbonyl (C=O) groups excluding carboxylic acids is 2. The van der Waals surface area contributed by atoms with E-state index in [1.165, 1.54) is 5.32 Å². The van der Waals surface area contributed by atoms with Crippen molar-refractivity contribution in [2.24, 2.45) is 11.8 Å². The summed E-state index contributed by atoms with van der Waals surface area (Å²) in [5, 5.41) is 5.85. The number of ketones is 2. The van der Waals surface area contributed by atoms with Gasteiger partial charge in [0, 0.05) is 112 Å². The Morgan fingerprint density at radius 2 is 1.77 bits per heavy atom. The second-order valence-electron chi connectivity index (χ2n) is 6.04. The fourth-order valence-corrected chi connectivity index (χ4v) is 2.05. The van der Waals surface area contributed by atoms with Crippen LogP contribution in [-0.2, 0) is 15.2 Å². The van der Waals surface area contributed by atoms with Crippen LogP contribution in [0, 0.1) is 11.8 Å². The first-order valence-corrected chi connectivity index (χ1v) is 9.61. The predicted molar refractivity (Wildman–Crippen MR) is 166 cm³/mol. The molecule has 1 aromatic rings. The molecule has 2 N–H and O–H groups in total. The fourth-order valence-electron chi connectivity index (χ4n) is 2.05. The summed E-state index contributed by atoms with van der Waals surface area (Å²) in [6, 6.07) is -6.37. The summed E-state index contributed by atoms with van der Waals surface area (Å²) in [7, 11) is -3.58. The molecule has 0 aromatic heterocycles. The Balaban J connectivity index is 0.000000751. The number of hydrogen-bond acceptors (Lipinski definition) is 7. The summed E-state index contributed by atoms with van der Waals surface area (Å²) in [6.07, 6.45) is -51.6. The lowest BCUT2D eigenvalue weighted by Crippen LogP contribution is -2.43. The third-order valence-electron chi connectivity index (χ3n) is 3.47. The van der Waals surface area contributed by atoms with Crippen LogP contribution < -0.4 is 10.1 Å². The SMILES string of the molecule is [2H]C([2H])([2H])N(C([2H])([2H])[2H])C([2H])([2H])C1([2H])C(=O)C([2H])([2H])C([2H])([2H])C([2H])([2H])C1([2H])[2H].[2H]C([2H])([2H])NC([2H])([2H])[2H].[2H]C1([2H])C(=O)C([2H])([2H])C([2H])([2H])C([2H])([2H])C1([2H])[2H].[2H]O[C@@]1(c2c([2H])c([2H])c([2H])c(OC([2H])([2H])[2H])c2[2H])C([2H])([2H])C([2H])([2H])C([2H])([2H])C([2H])([2H])[C@@]1([2H])C([2H])([2H])N(C([2H])([2H])[2H])C([2H])([2H])[2H]. The van der Waals surface area contributed by atoms with Crippen LogP contribution in [0.5, 0.6) is 5.75 Å². The van der Waals surface area contributed by atoms with Crippen molar-refractivity contribution in [1.82, 2.24) is 15.1 Å². The molecule has 7 heteroatoms. The Kier molecular flexibility index (Phi) is 2.88. The quantitative estimate of drug-likeness (QED) is 0.429. The smallest absolute Gasteiger partial charge is 0.211 e. The van der Waals surface area contributed by atoms with E-state index in [1.807, 2.05) is 0 Å². The van der Waals surface area contributed by atoms with Crippen LogP contribution in [0.4, 0.5) is 0 Å². The number of hydrogen-bond donors (Lipinski definition) is 2. The molecule has 3 saturated carbocycles. The van der Waals surface area contributed by atoms with E-state index < -0.39 is 219 Å². The van der Waals surface area contributed by atoms with E-state index in [4.69, 9.17) is 78.2 Å². The number of ether oxygens (including phenoxy) is 1. The molecule has 0 saturated heterocycles. The Morgan fingerprint density at radius 1 is 1.05 bits per heavy atom. The lowest BCUT2D eigenvalue weighted by Gasteiger charge is -2.41. The molecule has 0 heterocycles. The molecule has 1 unspecified atom stereocenters. The van der Waals surface area contributed by atoms with Gasteiger partial charge in [-0.1, -0.05) is 37.6 Å². The summed E-state index contributed by atoms with van der Waals surface area (Å²) in [6.45, 7) is -30.5. The van der Waals surface area contributed by atoms with Gasteiger partial charge in [-0.3, -0.25) is 9.59 Å². The maximum atomic E-state index is 12.6. The first-order valence-electron chi connectivity index (χ1n) is 38.5. The molecule has 0 spiro atoms. The van der Waals surface area contributed by atoms with Gasteiger partial charge in [0.05, 0.1) is 22.2 Å². The van der Waals surface area contributed by atoms with Crippen molar-refractivity contribution in [2.75, 3.05) is 61.9 Å². The number of rotatable bonds is 7. The van der Waals surface area contributed by atoms with E-state index in [1.54, 1.807) is 0 Å². The number of aliphatic hydroxyl groups is 1. The fraction of sp³-hybridized carbons (Fsp3) is 0.758. The number of nitrogens with one attached hydrogen (secondary N) is 1. The largest absolute Gasteiger partial charge is 0.497 e. The predicted octanol–water partition coefficient (Wildman–Crippen LogP) is 5.30. The molecular weight excluding hydrogens is 502 g/mol. The van der Waals surface area contributed by atoms with E-state index in [2.05, 4.69) is 9.85 Å². The standard InChI is InChI=1S/C16H25NO2.C9H17NO.C6H10O.C2H7N/c1-17(2)12-14-7-4-5-10-16(14,18)13-8-6-9-15(11-13)19-3;1-10(2)7-8-5-3-4-6-9(8)11;7-6-4-2-1-3-5-6;1-3-2/h6,8-9,11,14,18H,4-5,7,10,12H2,1-3H3;8H,3-7H2,1-2H3;1-5H2;3H,1-2H3/t14-,16+;;;/m0.../s1/i1D3,2D3,3D3,4D2,5D2,6D,7D2,8D,9D,10D2,11D,12D2,14D,18D;1D3,2D3,3D2,4D2,5D2,6D2,7D2,8D;1D2,2D2,3D2,4D2,5D2;1D3,2D3. The molecule has 0 amide bonds. The van der Waals surface area contributed by atoms with Gasteiger partial charge in [-0.2, -0.15) is 0 Å². The molecule has 3 aliphatic rings. The van der Waals surface area contributed by atoms with E-state index in [-0.39, 0.29) is 0 Å². The van der Waals surface area contributed by atoms with Gasteiger partial charge in [-0.25, -0.2) is 0 Å². The summed E-state index contributed by atoms with van der Waals surface area (Å²) >= 11 is 0. The molecule has 0 bridgehead atoms. The second-order valence-corrected chi connectivity index (χ2v) is 6.04. The van der Waals surface area contributed by atoms with Crippen molar-refractivity contribution >= 4 is 11.6 Å². The van der Waals surface area contributed by atoms with E-state index in [9.17, 15) is 11.0 Å². The summed E-state index contributed by atoms with van der Waals surface area (Å²) in [5.41, 5.74) is -6.59. The van der Waals surface area contributed by atoms with Crippen LogP contribution in [-0.4, -0.2) is 89.8 Å². The summed E-state index contributed by atoms with van der Waals surface area (Å²) < 4.78 is 448. The minimum atomic E-state index is -4.92. The van der Waals surface area contributed by atoms with Crippen LogP contribution in [0.25, 0.3) is 0 Å². The Morgan fingerprint density at radius 3 is 2.45 bits per heavy atom.